The molecule has 25 heavy (non-hydrogen) atoms. The lowest BCUT2D eigenvalue weighted by atomic mass is 9.58. The third-order valence-electron chi connectivity index (χ3n) is 5.13. The standard InChI is InChI=1S/C18H36N4O3/c1-6-18(7-2)14(12-15(18)25-9-4)22-17(19-8-3)21-13-16(23)20-10-11-24-5/h14-15H,6-13H2,1-5H3,(H,20,23)(H2,19,21,22). The summed E-state index contributed by atoms with van der Waals surface area (Å²) in [5, 5.41) is 9.52. The SMILES string of the molecule is CCNC(=NCC(=O)NCCOC)NC1CC(OCC)C1(CC)CC. The maximum Gasteiger partial charge on any atom is 0.241 e. The van der Waals surface area contributed by atoms with Crippen molar-refractivity contribution in [3.05, 3.63) is 0 Å². The van der Waals surface area contributed by atoms with Crippen LogP contribution in [0.2, 0.25) is 0 Å². The Morgan fingerprint density at radius 3 is 2.48 bits per heavy atom. The summed E-state index contributed by atoms with van der Waals surface area (Å²) >= 11 is 0. The van der Waals surface area contributed by atoms with Gasteiger partial charge in [0.25, 0.3) is 0 Å². The number of hydrogen-bond donors (Lipinski definition) is 3. The van der Waals surface area contributed by atoms with Crippen LogP contribution in [0.15, 0.2) is 4.99 Å². The number of hydrogen-bond acceptors (Lipinski definition) is 4. The first-order valence-corrected chi connectivity index (χ1v) is 9.49. The van der Waals surface area contributed by atoms with E-state index in [-0.39, 0.29) is 17.9 Å². The van der Waals surface area contributed by atoms with Crippen molar-refractivity contribution in [2.24, 2.45) is 10.4 Å². The predicted octanol–water partition coefficient (Wildman–Crippen LogP) is 1.29. The van der Waals surface area contributed by atoms with Gasteiger partial charge in [-0.2, -0.15) is 0 Å². The van der Waals surface area contributed by atoms with Gasteiger partial charge in [0.15, 0.2) is 5.96 Å². The molecule has 7 heteroatoms. The zero-order valence-corrected chi connectivity index (χ0v) is 16.5. The lowest BCUT2D eigenvalue weighted by Crippen LogP contribution is -2.65. The van der Waals surface area contributed by atoms with Gasteiger partial charge in [0.05, 0.1) is 12.7 Å². The molecule has 1 aliphatic carbocycles. The average Bonchev–Trinajstić information content (AvgIpc) is 2.60. The number of guanidine groups is 1. The molecule has 7 nitrogen and oxygen atoms in total. The summed E-state index contributed by atoms with van der Waals surface area (Å²) in [6, 6.07) is 0.313. The second-order valence-corrected chi connectivity index (χ2v) is 6.35. The Balaban J connectivity index is 2.64. The number of carbonyl (C=O) groups is 1. The van der Waals surface area contributed by atoms with Gasteiger partial charge in [0.1, 0.15) is 6.54 Å². The van der Waals surface area contributed by atoms with Crippen LogP contribution in [0.5, 0.6) is 0 Å². The number of aliphatic imine (C=N–C) groups is 1. The molecule has 1 aliphatic rings. The molecule has 146 valence electrons. The van der Waals surface area contributed by atoms with Crippen LogP contribution in [0.4, 0.5) is 0 Å². The van der Waals surface area contributed by atoms with Crippen molar-refractivity contribution in [2.45, 2.75) is 59.1 Å². The van der Waals surface area contributed by atoms with Crippen LogP contribution in [0.3, 0.4) is 0 Å². The molecule has 0 bridgehead atoms. The van der Waals surface area contributed by atoms with Crippen LogP contribution in [0.1, 0.15) is 47.0 Å². The second-order valence-electron chi connectivity index (χ2n) is 6.35. The van der Waals surface area contributed by atoms with Gasteiger partial charge in [-0.15, -0.1) is 0 Å². The molecule has 1 amide bonds. The molecule has 0 heterocycles. The Morgan fingerprint density at radius 2 is 1.92 bits per heavy atom. The summed E-state index contributed by atoms with van der Waals surface area (Å²) in [4.78, 5) is 16.2. The molecule has 0 aromatic heterocycles. The number of carbonyl (C=O) groups excluding carboxylic acids is 1. The van der Waals surface area contributed by atoms with E-state index in [1.165, 1.54) is 0 Å². The summed E-state index contributed by atoms with van der Waals surface area (Å²) in [5.41, 5.74) is 0.132. The van der Waals surface area contributed by atoms with E-state index in [1.54, 1.807) is 7.11 Å². The first-order valence-electron chi connectivity index (χ1n) is 9.49. The largest absolute Gasteiger partial charge is 0.383 e. The monoisotopic (exact) mass is 356 g/mol. The number of nitrogens with zero attached hydrogens (tertiary/aromatic N) is 1. The molecule has 3 N–H and O–H groups in total. The van der Waals surface area contributed by atoms with E-state index >= 15 is 0 Å². The van der Waals surface area contributed by atoms with Crippen LogP contribution < -0.4 is 16.0 Å². The van der Waals surface area contributed by atoms with Gasteiger partial charge in [-0.05, 0) is 33.1 Å². The number of methoxy groups -OCH3 is 1. The summed E-state index contributed by atoms with van der Waals surface area (Å²) in [6.45, 7) is 11.1. The van der Waals surface area contributed by atoms with Crippen molar-refractivity contribution in [1.29, 1.82) is 0 Å². The van der Waals surface area contributed by atoms with Gasteiger partial charge in [0.2, 0.25) is 5.91 Å². The number of nitrogens with one attached hydrogen (secondary N) is 3. The molecular formula is C18H36N4O3. The van der Waals surface area contributed by atoms with Gasteiger partial charge in [0, 0.05) is 38.3 Å². The van der Waals surface area contributed by atoms with Gasteiger partial charge >= 0.3 is 0 Å². The van der Waals surface area contributed by atoms with Crippen molar-refractivity contribution < 1.29 is 14.3 Å². The maximum absolute atomic E-state index is 11.8. The van der Waals surface area contributed by atoms with E-state index in [9.17, 15) is 4.79 Å². The lowest BCUT2D eigenvalue weighted by Gasteiger charge is -2.55. The molecule has 0 aromatic rings. The minimum Gasteiger partial charge on any atom is -0.383 e. The van der Waals surface area contributed by atoms with Crippen LogP contribution in [-0.2, 0) is 14.3 Å². The topological polar surface area (TPSA) is 84.0 Å². The minimum atomic E-state index is -0.104. The average molecular weight is 357 g/mol. The van der Waals surface area contributed by atoms with Crippen LogP contribution in [-0.4, -0.2) is 64.0 Å². The molecule has 0 aliphatic heterocycles. The predicted molar refractivity (Wildman–Crippen MR) is 101 cm³/mol. The number of rotatable bonds is 11. The lowest BCUT2D eigenvalue weighted by molar-refractivity contribution is -0.133. The number of amides is 1. The molecule has 0 aromatic carbocycles. The Morgan fingerprint density at radius 1 is 1.20 bits per heavy atom. The van der Waals surface area contributed by atoms with Gasteiger partial charge < -0.3 is 25.4 Å². The fraction of sp³-hybridized carbons (Fsp3) is 0.889. The van der Waals surface area contributed by atoms with E-state index in [0.29, 0.717) is 31.3 Å². The first kappa shape index (κ1) is 21.7. The zero-order chi connectivity index (χ0) is 18.7. The minimum absolute atomic E-state index is 0.103. The molecule has 1 fully saturated rings. The zero-order valence-electron chi connectivity index (χ0n) is 16.5. The summed E-state index contributed by atoms with van der Waals surface area (Å²) in [7, 11) is 1.61. The molecule has 0 saturated heterocycles. The molecular weight excluding hydrogens is 320 g/mol. The third-order valence-corrected chi connectivity index (χ3v) is 5.13. The van der Waals surface area contributed by atoms with E-state index < -0.39 is 0 Å². The Bertz CT molecular complexity index is 425. The highest BCUT2D eigenvalue weighted by Crippen LogP contribution is 2.48. The smallest absolute Gasteiger partial charge is 0.241 e. The van der Waals surface area contributed by atoms with Crippen molar-refractivity contribution >= 4 is 11.9 Å². The van der Waals surface area contributed by atoms with Crippen molar-refractivity contribution in [3.8, 4) is 0 Å². The summed E-state index contributed by atoms with van der Waals surface area (Å²) in [5.74, 6) is 0.586. The normalized spacial score (nSPS) is 22.2. The second kappa shape index (κ2) is 11.3. The van der Waals surface area contributed by atoms with Crippen molar-refractivity contribution in [3.63, 3.8) is 0 Å². The van der Waals surface area contributed by atoms with Crippen LogP contribution in [0, 0.1) is 5.41 Å². The van der Waals surface area contributed by atoms with Crippen molar-refractivity contribution in [2.75, 3.05) is 40.0 Å². The fourth-order valence-corrected chi connectivity index (χ4v) is 3.57. The van der Waals surface area contributed by atoms with E-state index in [4.69, 9.17) is 9.47 Å². The Labute approximate surface area is 152 Å². The maximum atomic E-state index is 11.8. The summed E-state index contributed by atoms with van der Waals surface area (Å²) in [6.07, 6.45) is 3.39. The van der Waals surface area contributed by atoms with Gasteiger partial charge in [-0.1, -0.05) is 13.8 Å². The Kier molecular flexibility index (Phi) is 9.82. The fourth-order valence-electron chi connectivity index (χ4n) is 3.57. The highest BCUT2D eigenvalue weighted by atomic mass is 16.5. The summed E-state index contributed by atoms with van der Waals surface area (Å²) < 4.78 is 10.8. The Hall–Kier alpha value is -1.34. The van der Waals surface area contributed by atoms with Crippen LogP contribution >= 0.6 is 0 Å². The molecule has 0 spiro atoms. The van der Waals surface area contributed by atoms with E-state index in [1.807, 2.05) is 13.8 Å². The van der Waals surface area contributed by atoms with Gasteiger partial charge in [-0.25, -0.2) is 4.99 Å². The highest BCUT2D eigenvalue weighted by molar-refractivity contribution is 5.85. The highest BCUT2D eigenvalue weighted by Gasteiger charge is 2.53. The molecule has 2 unspecified atom stereocenters. The van der Waals surface area contributed by atoms with Gasteiger partial charge in [-0.3, -0.25) is 4.79 Å². The van der Waals surface area contributed by atoms with E-state index in [0.717, 1.165) is 32.4 Å². The molecule has 2 atom stereocenters. The third kappa shape index (κ3) is 5.85. The van der Waals surface area contributed by atoms with Crippen molar-refractivity contribution in [1.82, 2.24) is 16.0 Å². The first-order chi connectivity index (χ1) is 12.1. The molecule has 0 radical (unpaired) electrons. The van der Waals surface area contributed by atoms with Crippen LogP contribution in [0.25, 0.3) is 0 Å². The van der Waals surface area contributed by atoms with E-state index in [2.05, 4.69) is 34.8 Å². The molecule has 1 rings (SSSR count). The molecule has 1 saturated carbocycles. The quantitative estimate of drug-likeness (QED) is 0.295. The number of ether oxygens (including phenoxy) is 2.